The van der Waals surface area contributed by atoms with E-state index in [-0.39, 0.29) is 11.5 Å². The summed E-state index contributed by atoms with van der Waals surface area (Å²) in [7, 11) is 0. The second-order valence-electron chi connectivity index (χ2n) is 7.53. The molecule has 0 aromatic carbocycles. The maximum atomic E-state index is 11.1. The zero-order chi connectivity index (χ0) is 19.3. The Balaban J connectivity index is 2.14. The van der Waals surface area contributed by atoms with Gasteiger partial charge in [-0.25, -0.2) is 0 Å². The molecule has 0 N–H and O–H groups in total. The van der Waals surface area contributed by atoms with Crippen LogP contribution in [0.15, 0.2) is 24.3 Å². The van der Waals surface area contributed by atoms with Gasteiger partial charge in [0.05, 0.1) is 0 Å². The highest BCUT2D eigenvalue weighted by Crippen LogP contribution is 2.24. The van der Waals surface area contributed by atoms with Crippen molar-refractivity contribution in [3.8, 4) is 0 Å². The Hall–Kier alpha value is -1.20. The van der Waals surface area contributed by atoms with Crippen LogP contribution in [0.3, 0.4) is 0 Å². The molecule has 5 nitrogen and oxygen atoms in total. The standard InChI is InChI=1S/C21H37NO4/c1-4-5-6-7-8-9-10-11-12-13-14-15-16-17-20-19(22(23)24)18-25-21(2,3)26-20/h12-13,16-17,19-20H,4-11,14-15,18H2,1-3H3/b13-12-,17-16+/t19-,20+/m0/s1. The molecule has 0 aromatic rings. The largest absolute Gasteiger partial charge is 0.343 e. The molecule has 0 saturated carbocycles. The van der Waals surface area contributed by atoms with Crippen molar-refractivity contribution >= 4 is 0 Å². The van der Waals surface area contributed by atoms with Gasteiger partial charge in [0.1, 0.15) is 12.7 Å². The van der Waals surface area contributed by atoms with Crippen molar-refractivity contribution in [1.29, 1.82) is 0 Å². The van der Waals surface area contributed by atoms with Crippen LogP contribution in [0.2, 0.25) is 0 Å². The summed E-state index contributed by atoms with van der Waals surface area (Å²) >= 11 is 0. The fraction of sp³-hybridized carbons (Fsp3) is 0.810. The summed E-state index contributed by atoms with van der Waals surface area (Å²) < 4.78 is 11.1. The van der Waals surface area contributed by atoms with E-state index in [4.69, 9.17) is 9.47 Å². The van der Waals surface area contributed by atoms with Gasteiger partial charge in [0.2, 0.25) is 0 Å². The minimum Gasteiger partial charge on any atom is -0.343 e. The summed E-state index contributed by atoms with van der Waals surface area (Å²) in [5, 5.41) is 11.1. The first-order chi connectivity index (χ1) is 12.5. The quantitative estimate of drug-likeness (QED) is 0.178. The summed E-state index contributed by atoms with van der Waals surface area (Å²) in [6.45, 7) is 5.92. The lowest BCUT2D eigenvalue weighted by molar-refractivity contribution is -0.556. The van der Waals surface area contributed by atoms with Crippen LogP contribution >= 0.6 is 0 Å². The molecule has 26 heavy (non-hydrogen) atoms. The van der Waals surface area contributed by atoms with Gasteiger partial charge in [0, 0.05) is 4.92 Å². The molecule has 1 rings (SSSR count). The van der Waals surface area contributed by atoms with E-state index in [2.05, 4.69) is 19.1 Å². The predicted octanol–water partition coefficient (Wildman–Crippen LogP) is 5.82. The molecule has 0 spiro atoms. The molecular formula is C21H37NO4. The molecule has 0 aliphatic carbocycles. The lowest BCUT2D eigenvalue weighted by atomic mass is 10.1. The van der Waals surface area contributed by atoms with E-state index in [0.29, 0.717) is 0 Å². The Morgan fingerprint density at radius 1 is 1.00 bits per heavy atom. The Kier molecular flexibility index (Phi) is 11.5. The van der Waals surface area contributed by atoms with Gasteiger partial charge in [0.15, 0.2) is 5.79 Å². The van der Waals surface area contributed by atoms with Gasteiger partial charge in [-0.05, 0) is 39.5 Å². The number of hydrogen-bond donors (Lipinski definition) is 0. The van der Waals surface area contributed by atoms with Crippen molar-refractivity contribution in [2.75, 3.05) is 6.61 Å². The molecule has 2 atom stereocenters. The van der Waals surface area contributed by atoms with Crippen molar-refractivity contribution in [2.45, 2.75) is 103 Å². The highest BCUT2D eigenvalue weighted by molar-refractivity contribution is 4.97. The van der Waals surface area contributed by atoms with Crippen LogP contribution in [0.4, 0.5) is 0 Å². The fourth-order valence-electron chi connectivity index (χ4n) is 3.05. The monoisotopic (exact) mass is 367 g/mol. The summed E-state index contributed by atoms with van der Waals surface area (Å²) in [4.78, 5) is 10.8. The van der Waals surface area contributed by atoms with Crippen LogP contribution in [-0.2, 0) is 9.47 Å². The van der Waals surface area contributed by atoms with E-state index < -0.39 is 17.9 Å². The lowest BCUT2D eigenvalue weighted by Crippen LogP contribution is -2.51. The number of hydrogen-bond acceptors (Lipinski definition) is 4. The lowest BCUT2D eigenvalue weighted by Gasteiger charge is -2.36. The first-order valence-corrected chi connectivity index (χ1v) is 10.2. The van der Waals surface area contributed by atoms with Crippen molar-refractivity contribution in [2.24, 2.45) is 0 Å². The predicted molar refractivity (Wildman–Crippen MR) is 106 cm³/mol. The Labute approximate surface area is 159 Å². The average molecular weight is 368 g/mol. The SMILES string of the molecule is CCCCCCCCC/C=C\CC/C=C/[C@H]1OC(C)(C)OC[C@@H]1[N+](=O)[O-]. The molecule has 0 radical (unpaired) electrons. The zero-order valence-electron chi connectivity index (χ0n) is 16.8. The molecule has 5 heteroatoms. The van der Waals surface area contributed by atoms with E-state index in [1.807, 2.05) is 12.2 Å². The Morgan fingerprint density at radius 2 is 1.62 bits per heavy atom. The second kappa shape index (κ2) is 13.0. The Morgan fingerprint density at radius 3 is 2.31 bits per heavy atom. The van der Waals surface area contributed by atoms with Crippen molar-refractivity contribution in [3.63, 3.8) is 0 Å². The molecule has 1 saturated heterocycles. The van der Waals surface area contributed by atoms with E-state index in [1.165, 1.54) is 44.9 Å². The molecule has 1 fully saturated rings. The third kappa shape index (κ3) is 10.1. The molecule has 150 valence electrons. The molecule has 0 bridgehead atoms. The number of rotatable bonds is 13. The number of ether oxygens (including phenoxy) is 2. The smallest absolute Gasteiger partial charge is 0.265 e. The van der Waals surface area contributed by atoms with Crippen molar-refractivity contribution in [1.82, 2.24) is 0 Å². The van der Waals surface area contributed by atoms with Gasteiger partial charge in [-0.3, -0.25) is 10.1 Å². The minimum atomic E-state index is -0.827. The van der Waals surface area contributed by atoms with Gasteiger partial charge >= 0.3 is 0 Å². The molecule has 1 heterocycles. The van der Waals surface area contributed by atoms with E-state index in [0.717, 1.165) is 19.3 Å². The van der Waals surface area contributed by atoms with E-state index in [1.54, 1.807) is 13.8 Å². The molecular weight excluding hydrogens is 330 g/mol. The second-order valence-corrected chi connectivity index (χ2v) is 7.53. The van der Waals surface area contributed by atoms with Gasteiger partial charge < -0.3 is 9.47 Å². The van der Waals surface area contributed by atoms with Crippen molar-refractivity contribution in [3.05, 3.63) is 34.4 Å². The number of nitrogens with zero attached hydrogens (tertiary/aromatic N) is 1. The number of allylic oxidation sites excluding steroid dienone is 3. The van der Waals surface area contributed by atoms with Crippen LogP contribution in [0.5, 0.6) is 0 Å². The number of unbranched alkanes of at least 4 members (excludes halogenated alkanes) is 8. The van der Waals surface area contributed by atoms with Gasteiger partial charge in [-0.2, -0.15) is 0 Å². The first kappa shape index (κ1) is 22.8. The number of nitro groups is 1. The topological polar surface area (TPSA) is 61.6 Å². The van der Waals surface area contributed by atoms with Crippen LogP contribution in [-0.4, -0.2) is 29.5 Å². The summed E-state index contributed by atoms with van der Waals surface area (Å²) in [5.41, 5.74) is 0. The maximum Gasteiger partial charge on any atom is 0.265 e. The summed E-state index contributed by atoms with van der Waals surface area (Å²) in [6, 6.07) is -0.827. The van der Waals surface area contributed by atoms with E-state index >= 15 is 0 Å². The highest BCUT2D eigenvalue weighted by Gasteiger charge is 2.41. The van der Waals surface area contributed by atoms with Crippen LogP contribution < -0.4 is 0 Å². The van der Waals surface area contributed by atoms with E-state index in [9.17, 15) is 10.1 Å². The third-order valence-electron chi connectivity index (χ3n) is 4.64. The molecule has 1 aliphatic rings. The summed E-state index contributed by atoms with van der Waals surface area (Å²) in [5.74, 6) is -0.766. The average Bonchev–Trinajstić information content (AvgIpc) is 2.58. The van der Waals surface area contributed by atoms with Crippen LogP contribution in [0.25, 0.3) is 0 Å². The van der Waals surface area contributed by atoms with Gasteiger partial charge in [-0.1, -0.05) is 69.8 Å². The summed E-state index contributed by atoms with van der Waals surface area (Å²) in [6.07, 6.45) is 20.1. The first-order valence-electron chi connectivity index (χ1n) is 10.2. The fourth-order valence-corrected chi connectivity index (χ4v) is 3.05. The molecule has 0 unspecified atom stereocenters. The maximum absolute atomic E-state index is 11.1. The van der Waals surface area contributed by atoms with Gasteiger partial charge in [0.25, 0.3) is 6.04 Å². The zero-order valence-corrected chi connectivity index (χ0v) is 16.8. The van der Waals surface area contributed by atoms with Crippen molar-refractivity contribution < 1.29 is 14.4 Å². The van der Waals surface area contributed by atoms with Crippen LogP contribution in [0, 0.1) is 10.1 Å². The third-order valence-corrected chi connectivity index (χ3v) is 4.64. The molecule has 0 aromatic heterocycles. The molecule has 0 amide bonds. The van der Waals surface area contributed by atoms with Crippen LogP contribution in [0.1, 0.15) is 85.0 Å². The normalized spacial score (nSPS) is 23.0. The highest BCUT2D eigenvalue weighted by atomic mass is 16.7. The Bertz CT molecular complexity index is 445. The molecule has 1 aliphatic heterocycles. The minimum absolute atomic E-state index is 0.0906. The van der Waals surface area contributed by atoms with Gasteiger partial charge in [-0.15, -0.1) is 0 Å².